The Bertz CT molecular complexity index is 1550. The van der Waals surface area contributed by atoms with Crippen molar-refractivity contribution in [2.45, 2.75) is 96.3 Å². The van der Waals surface area contributed by atoms with Crippen LogP contribution in [0.1, 0.15) is 108 Å². The lowest BCUT2D eigenvalue weighted by Crippen LogP contribution is -2.40. The van der Waals surface area contributed by atoms with Crippen LogP contribution in [0.2, 0.25) is 0 Å². The molecule has 3 saturated heterocycles. The minimum atomic E-state index is -0.490. The molecule has 0 saturated carbocycles. The molecule has 282 valence electrons. The number of para-hydroxylation sites is 1. The van der Waals surface area contributed by atoms with Gasteiger partial charge in [0.15, 0.2) is 0 Å². The highest BCUT2D eigenvalue weighted by atomic mass is 16.5. The predicted molar refractivity (Wildman–Crippen MR) is 217 cm³/mol. The molecular weight excluding hydrogens is 641 g/mol. The smallest absolute Gasteiger partial charge is 0.123 e. The van der Waals surface area contributed by atoms with Gasteiger partial charge in [0.1, 0.15) is 24.7 Å². The summed E-state index contributed by atoms with van der Waals surface area (Å²) in [6.45, 7) is 27.5. The Morgan fingerprint density at radius 3 is 1.42 bits per heavy atom. The summed E-state index contributed by atoms with van der Waals surface area (Å²) >= 11 is 0. The maximum atomic E-state index is 6.99. The standard InChI is InChI=1S/C46H66N4O2/c1-44(2,3)36-17-19-42(51-31-29-48-23-11-12-24-48)39(33-36)46(35-50(28-27-47-21-9-10-22-47)41-16-8-7-15-38(41)46)40-34-37(45(4,5)6)18-20-43(40)52-32-30-49-25-13-14-26-49/h7-8,15-20,33-34H,9-14,21-32,35H2,1-6H3. The van der Waals surface area contributed by atoms with Gasteiger partial charge in [-0.1, -0.05) is 84.0 Å². The minimum Gasteiger partial charge on any atom is -0.492 e. The van der Waals surface area contributed by atoms with E-state index in [-0.39, 0.29) is 10.8 Å². The quantitative estimate of drug-likeness (QED) is 0.177. The fourth-order valence-corrected chi connectivity index (χ4v) is 9.13. The van der Waals surface area contributed by atoms with Crippen LogP contribution in [0.3, 0.4) is 0 Å². The van der Waals surface area contributed by atoms with E-state index < -0.39 is 5.41 Å². The van der Waals surface area contributed by atoms with Crippen molar-refractivity contribution >= 4 is 5.69 Å². The zero-order valence-electron chi connectivity index (χ0n) is 33.3. The van der Waals surface area contributed by atoms with E-state index >= 15 is 0 Å². The molecule has 0 aromatic heterocycles. The van der Waals surface area contributed by atoms with Gasteiger partial charge < -0.3 is 19.3 Å². The fraction of sp³-hybridized carbons (Fsp3) is 0.609. The summed E-state index contributed by atoms with van der Waals surface area (Å²) in [5.74, 6) is 2.01. The minimum absolute atomic E-state index is 0.0140. The van der Waals surface area contributed by atoms with Crippen LogP contribution in [0.4, 0.5) is 5.69 Å². The van der Waals surface area contributed by atoms with E-state index in [1.54, 1.807) is 0 Å². The molecule has 0 bridgehead atoms. The molecule has 6 nitrogen and oxygen atoms in total. The first-order chi connectivity index (χ1) is 25.0. The van der Waals surface area contributed by atoms with Gasteiger partial charge in [0.05, 0.1) is 5.41 Å². The normalized spacial score (nSPS) is 19.8. The zero-order valence-corrected chi connectivity index (χ0v) is 33.3. The largest absolute Gasteiger partial charge is 0.492 e. The van der Waals surface area contributed by atoms with Gasteiger partial charge in [0.2, 0.25) is 0 Å². The average Bonchev–Trinajstić information content (AvgIpc) is 3.96. The van der Waals surface area contributed by atoms with E-state index in [1.807, 2.05) is 0 Å². The van der Waals surface area contributed by atoms with Crippen LogP contribution in [0.25, 0.3) is 0 Å². The monoisotopic (exact) mass is 707 g/mol. The van der Waals surface area contributed by atoms with Gasteiger partial charge in [0, 0.05) is 49.5 Å². The van der Waals surface area contributed by atoms with Crippen molar-refractivity contribution in [2.24, 2.45) is 0 Å². The van der Waals surface area contributed by atoms with Crippen molar-refractivity contribution in [1.29, 1.82) is 0 Å². The fourth-order valence-electron chi connectivity index (χ4n) is 9.13. The number of benzene rings is 3. The second kappa shape index (κ2) is 15.7. The van der Waals surface area contributed by atoms with E-state index in [0.29, 0.717) is 13.2 Å². The Morgan fingerprint density at radius 1 is 0.519 bits per heavy atom. The number of likely N-dealkylation sites (tertiary alicyclic amines) is 3. The first-order valence-electron chi connectivity index (χ1n) is 20.6. The third kappa shape index (κ3) is 8.05. The molecule has 0 N–H and O–H groups in total. The van der Waals surface area contributed by atoms with E-state index in [2.05, 4.69) is 122 Å². The van der Waals surface area contributed by atoms with Crippen LogP contribution in [0.15, 0.2) is 60.7 Å². The molecule has 3 aromatic rings. The summed E-state index contributed by atoms with van der Waals surface area (Å²) in [7, 11) is 0. The molecular formula is C46H66N4O2. The summed E-state index contributed by atoms with van der Waals surface area (Å²) < 4.78 is 14.0. The van der Waals surface area contributed by atoms with E-state index in [4.69, 9.17) is 9.47 Å². The molecule has 0 aliphatic carbocycles. The van der Waals surface area contributed by atoms with Crippen LogP contribution in [-0.4, -0.2) is 99.9 Å². The van der Waals surface area contributed by atoms with E-state index in [9.17, 15) is 0 Å². The van der Waals surface area contributed by atoms with Crippen LogP contribution in [0, 0.1) is 0 Å². The molecule has 52 heavy (non-hydrogen) atoms. The van der Waals surface area contributed by atoms with Gasteiger partial charge in [-0.15, -0.1) is 0 Å². The third-order valence-corrected chi connectivity index (χ3v) is 12.4. The first kappa shape index (κ1) is 37.3. The maximum Gasteiger partial charge on any atom is 0.123 e. The summed E-state index contributed by atoms with van der Waals surface area (Å²) in [5, 5.41) is 0. The molecule has 0 spiro atoms. The van der Waals surface area contributed by atoms with Gasteiger partial charge in [-0.25, -0.2) is 0 Å². The van der Waals surface area contributed by atoms with Gasteiger partial charge >= 0.3 is 0 Å². The van der Waals surface area contributed by atoms with Gasteiger partial charge in [0.25, 0.3) is 0 Å². The molecule has 4 aliphatic rings. The highest BCUT2D eigenvalue weighted by Crippen LogP contribution is 2.55. The molecule has 7 rings (SSSR count). The van der Waals surface area contributed by atoms with Crippen molar-refractivity contribution in [3.05, 3.63) is 88.5 Å². The molecule has 3 fully saturated rings. The number of rotatable bonds is 13. The Labute approximate surface area is 315 Å². The Hall–Kier alpha value is -3.06. The van der Waals surface area contributed by atoms with Crippen molar-refractivity contribution in [1.82, 2.24) is 14.7 Å². The van der Waals surface area contributed by atoms with E-state index in [0.717, 1.165) is 44.2 Å². The van der Waals surface area contributed by atoms with E-state index in [1.165, 1.54) is 111 Å². The van der Waals surface area contributed by atoms with Gasteiger partial charge in [-0.2, -0.15) is 0 Å². The number of anilines is 1. The molecule has 4 aliphatic heterocycles. The Kier molecular flexibility index (Phi) is 11.3. The molecule has 0 unspecified atom stereocenters. The number of nitrogens with zero attached hydrogens (tertiary/aromatic N) is 4. The molecule has 3 aromatic carbocycles. The third-order valence-electron chi connectivity index (χ3n) is 12.4. The van der Waals surface area contributed by atoms with Gasteiger partial charge in [-0.3, -0.25) is 9.80 Å². The molecule has 0 amide bonds. The van der Waals surface area contributed by atoms with Crippen molar-refractivity contribution in [3.8, 4) is 11.5 Å². The summed E-state index contributed by atoms with van der Waals surface area (Å²) in [4.78, 5) is 10.5. The number of hydrogen-bond acceptors (Lipinski definition) is 6. The molecule has 4 heterocycles. The number of ether oxygens (including phenoxy) is 2. The molecule has 0 radical (unpaired) electrons. The SMILES string of the molecule is CC(C)(C)c1ccc(OCCN2CCCC2)c(C2(c3cc(C(C)(C)C)ccc3OCCN3CCCC3)CN(CCN3CCCC3)c3ccccc32)c1. The zero-order chi connectivity index (χ0) is 36.3. The lowest BCUT2D eigenvalue weighted by Gasteiger charge is -2.37. The number of hydrogen-bond donors (Lipinski definition) is 0. The second-order valence-corrected chi connectivity index (χ2v) is 18.1. The highest BCUT2D eigenvalue weighted by molar-refractivity contribution is 5.74. The lowest BCUT2D eigenvalue weighted by molar-refractivity contribution is 0.232. The van der Waals surface area contributed by atoms with Crippen LogP contribution in [0.5, 0.6) is 11.5 Å². The molecule has 6 heteroatoms. The number of fused-ring (bicyclic) bond motifs is 1. The predicted octanol–water partition coefficient (Wildman–Crippen LogP) is 8.48. The second-order valence-electron chi connectivity index (χ2n) is 18.1. The Morgan fingerprint density at radius 2 is 0.962 bits per heavy atom. The van der Waals surface area contributed by atoms with Crippen LogP contribution in [-0.2, 0) is 16.2 Å². The van der Waals surface area contributed by atoms with Crippen LogP contribution < -0.4 is 14.4 Å². The average molecular weight is 707 g/mol. The van der Waals surface area contributed by atoms with Crippen LogP contribution >= 0.6 is 0 Å². The summed E-state index contributed by atoms with van der Waals surface area (Å²) in [6.07, 6.45) is 7.81. The lowest BCUT2D eigenvalue weighted by atomic mass is 9.68. The summed E-state index contributed by atoms with van der Waals surface area (Å²) in [6, 6.07) is 23.5. The van der Waals surface area contributed by atoms with Crippen molar-refractivity contribution < 1.29 is 9.47 Å². The molecule has 0 atom stereocenters. The first-order valence-corrected chi connectivity index (χ1v) is 20.6. The maximum absolute atomic E-state index is 6.99. The Balaban J connectivity index is 1.39. The van der Waals surface area contributed by atoms with Crippen molar-refractivity contribution in [2.75, 3.05) is 90.1 Å². The highest BCUT2D eigenvalue weighted by Gasteiger charge is 2.49. The topological polar surface area (TPSA) is 31.4 Å². The van der Waals surface area contributed by atoms with Crippen molar-refractivity contribution in [3.63, 3.8) is 0 Å². The summed E-state index contributed by atoms with van der Waals surface area (Å²) in [5.41, 5.74) is 7.41. The van der Waals surface area contributed by atoms with Gasteiger partial charge in [-0.05, 0) is 124 Å².